The van der Waals surface area contributed by atoms with Crippen molar-refractivity contribution >= 4 is 5.69 Å². The van der Waals surface area contributed by atoms with E-state index in [1.54, 1.807) is 4.68 Å². The molecule has 4 heteroatoms. The van der Waals surface area contributed by atoms with Crippen LogP contribution in [0, 0.1) is 6.92 Å². The van der Waals surface area contributed by atoms with Gasteiger partial charge < -0.3 is 5.73 Å². The first kappa shape index (κ1) is 14.0. The maximum absolute atomic E-state index is 12.6. The smallest absolute Gasteiger partial charge is 0.294 e. The second kappa shape index (κ2) is 5.43. The molecule has 21 heavy (non-hydrogen) atoms. The summed E-state index contributed by atoms with van der Waals surface area (Å²) in [6.45, 7) is 4.87. The average Bonchev–Trinajstić information content (AvgIpc) is 3.08. The van der Waals surface area contributed by atoms with Crippen molar-refractivity contribution in [2.45, 2.75) is 52.0 Å². The number of nitrogen functional groups attached to an aromatic ring is 1. The molecule has 1 fully saturated rings. The van der Waals surface area contributed by atoms with Crippen LogP contribution in [-0.4, -0.2) is 9.36 Å². The molecule has 3 rings (SSSR count). The maximum atomic E-state index is 12.6. The molecule has 1 aromatic carbocycles. The number of nitrogens with two attached hydrogens (primary N) is 1. The van der Waals surface area contributed by atoms with E-state index < -0.39 is 0 Å². The Hall–Kier alpha value is -1.97. The molecule has 0 aliphatic heterocycles. The molecule has 0 amide bonds. The second-order valence-corrected chi connectivity index (χ2v) is 5.95. The molecular formula is C17H23N3O. The number of hydrogen-bond donors (Lipinski definition) is 1. The predicted molar refractivity (Wildman–Crippen MR) is 86.1 cm³/mol. The Morgan fingerprint density at radius 2 is 1.81 bits per heavy atom. The summed E-state index contributed by atoms with van der Waals surface area (Å²) in [6.07, 6.45) is 4.75. The number of rotatable bonds is 3. The Bertz CT molecular complexity index is 688. The molecule has 1 heterocycles. The molecule has 112 valence electrons. The van der Waals surface area contributed by atoms with E-state index in [0.717, 1.165) is 30.8 Å². The van der Waals surface area contributed by atoms with Gasteiger partial charge >= 0.3 is 0 Å². The van der Waals surface area contributed by atoms with E-state index in [9.17, 15) is 4.79 Å². The molecule has 2 N–H and O–H groups in total. The number of aryl methyl sites for hydroxylation is 1. The lowest BCUT2D eigenvalue weighted by Crippen LogP contribution is -2.22. The summed E-state index contributed by atoms with van der Waals surface area (Å²) in [5, 5.41) is 0. The first-order valence-corrected chi connectivity index (χ1v) is 7.81. The normalized spacial score (nSPS) is 15.7. The van der Waals surface area contributed by atoms with Crippen molar-refractivity contribution in [1.29, 1.82) is 0 Å². The molecule has 2 aromatic rings. The fourth-order valence-electron chi connectivity index (χ4n) is 3.46. The van der Waals surface area contributed by atoms with E-state index in [1.165, 1.54) is 18.4 Å². The van der Waals surface area contributed by atoms with E-state index in [2.05, 4.69) is 11.6 Å². The van der Waals surface area contributed by atoms with Crippen molar-refractivity contribution < 1.29 is 0 Å². The van der Waals surface area contributed by atoms with Crippen molar-refractivity contribution in [2.75, 3.05) is 5.73 Å². The summed E-state index contributed by atoms with van der Waals surface area (Å²) in [5.41, 5.74) is 9.65. The van der Waals surface area contributed by atoms with Crippen molar-refractivity contribution in [3.8, 4) is 5.69 Å². The monoisotopic (exact) mass is 285 g/mol. The van der Waals surface area contributed by atoms with Gasteiger partial charge in [0.1, 0.15) is 5.69 Å². The third-order valence-corrected chi connectivity index (χ3v) is 4.54. The van der Waals surface area contributed by atoms with Crippen LogP contribution in [0.25, 0.3) is 5.69 Å². The SMILES string of the molecule is CCn1c(C2CCCC2)c(N)c(=O)n1-c1ccc(C)cc1. The lowest BCUT2D eigenvalue weighted by molar-refractivity contribution is 0.518. The first-order chi connectivity index (χ1) is 10.1. The molecule has 0 saturated heterocycles. The largest absolute Gasteiger partial charge is 0.393 e. The maximum Gasteiger partial charge on any atom is 0.294 e. The van der Waals surface area contributed by atoms with Crippen LogP contribution in [0.15, 0.2) is 29.1 Å². The van der Waals surface area contributed by atoms with Crippen LogP contribution in [0.4, 0.5) is 5.69 Å². The quantitative estimate of drug-likeness (QED) is 0.941. The van der Waals surface area contributed by atoms with Crippen molar-refractivity contribution in [1.82, 2.24) is 9.36 Å². The van der Waals surface area contributed by atoms with E-state index in [1.807, 2.05) is 31.2 Å². The summed E-state index contributed by atoms with van der Waals surface area (Å²) in [5.74, 6) is 0.435. The molecule has 0 atom stereocenters. The highest BCUT2D eigenvalue weighted by atomic mass is 16.1. The zero-order valence-corrected chi connectivity index (χ0v) is 12.8. The molecule has 4 nitrogen and oxygen atoms in total. The molecule has 1 aliphatic carbocycles. The molecule has 1 saturated carbocycles. The Morgan fingerprint density at radius 3 is 2.38 bits per heavy atom. The Kier molecular flexibility index (Phi) is 3.62. The summed E-state index contributed by atoms with van der Waals surface area (Å²) in [4.78, 5) is 12.6. The third kappa shape index (κ3) is 2.28. The van der Waals surface area contributed by atoms with Gasteiger partial charge in [-0.3, -0.25) is 9.48 Å². The van der Waals surface area contributed by atoms with Gasteiger partial charge in [0.15, 0.2) is 0 Å². The van der Waals surface area contributed by atoms with E-state index in [-0.39, 0.29) is 5.56 Å². The molecule has 1 aliphatic rings. The highest BCUT2D eigenvalue weighted by Gasteiger charge is 2.27. The zero-order chi connectivity index (χ0) is 15.0. The van der Waals surface area contributed by atoms with Gasteiger partial charge in [0.05, 0.1) is 11.4 Å². The Labute approximate surface area is 125 Å². The molecule has 1 aromatic heterocycles. The number of anilines is 1. The average molecular weight is 285 g/mol. The molecule has 0 unspecified atom stereocenters. The van der Waals surface area contributed by atoms with Crippen LogP contribution in [0.2, 0.25) is 0 Å². The van der Waals surface area contributed by atoms with Crippen LogP contribution in [0.5, 0.6) is 0 Å². The van der Waals surface area contributed by atoms with Crippen LogP contribution in [0.3, 0.4) is 0 Å². The molecular weight excluding hydrogens is 262 g/mol. The van der Waals surface area contributed by atoms with Crippen LogP contribution in [0.1, 0.15) is 49.8 Å². The summed E-state index contributed by atoms with van der Waals surface area (Å²) >= 11 is 0. The Balaban J connectivity index is 2.18. The van der Waals surface area contributed by atoms with Gasteiger partial charge in [-0.15, -0.1) is 0 Å². The second-order valence-electron chi connectivity index (χ2n) is 5.95. The van der Waals surface area contributed by atoms with E-state index >= 15 is 0 Å². The van der Waals surface area contributed by atoms with Crippen LogP contribution < -0.4 is 11.3 Å². The topological polar surface area (TPSA) is 52.9 Å². The predicted octanol–water partition coefficient (Wildman–Crippen LogP) is 3.21. The minimum atomic E-state index is -0.0809. The zero-order valence-electron chi connectivity index (χ0n) is 12.8. The van der Waals surface area contributed by atoms with Crippen LogP contribution >= 0.6 is 0 Å². The number of benzene rings is 1. The minimum Gasteiger partial charge on any atom is -0.393 e. The fourth-order valence-corrected chi connectivity index (χ4v) is 3.46. The van der Waals surface area contributed by atoms with Crippen molar-refractivity contribution in [2.24, 2.45) is 0 Å². The molecule has 0 bridgehead atoms. The minimum absolute atomic E-state index is 0.0809. The lowest BCUT2D eigenvalue weighted by Gasteiger charge is -2.16. The molecule has 0 spiro atoms. The van der Waals surface area contributed by atoms with Gasteiger partial charge in [-0.1, -0.05) is 30.5 Å². The number of nitrogens with zero attached hydrogens (tertiary/aromatic N) is 2. The Morgan fingerprint density at radius 1 is 1.19 bits per heavy atom. The van der Waals surface area contributed by atoms with Crippen LogP contribution in [-0.2, 0) is 6.54 Å². The summed E-state index contributed by atoms with van der Waals surface area (Å²) in [7, 11) is 0. The van der Waals surface area contributed by atoms with Gasteiger partial charge in [0, 0.05) is 12.5 Å². The van der Waals surface area contributed by atoms with Gasteiger partial charge in [-0.05, 0) is 38.8 Å². The van der Waals surface area contributed by atoms with E-state index in [0.29, 0.717) is 11.6 Å². The molecule has 0 radical (unpaired) electrons. The lowest BCUT2D eigenvalue weighted by atomic mass is 10.0. The highest BCUT2D eigenvalue weighted by molar-refractivity contribution is 5.47. The van der Waals surface area contributed by atoms with Gasteiger partial charge in [0.25, 0.3) is 5.56 Å². The fraction of sp³-hybridized carbons (Fsp3) is 0.471. The number of aromatic nitrogens is 2. The van der Waals surface area contributed by atoms with Gasteiger partial charge in [-0.25, -0.2) is 4.68 Å². The van der Waals surface area contributed by atoms with Crippen molar-refractivity contribution in [3.05, 3.63) is 45.9 Å². The van der Waals surface area contributed by atoms with Gasteiger partial charge in [0.2, 0.25) is 0 Å². The number of hydrogen-bond acceptors (Lipinski definition) is 2. The first-order valence-electron chi connectivity index (χ1n) is 7.81. The third-order valence-electron chi connectivity index (χ3n) is 4.54. The highest BCUT2D eigenvalue weighted by Crippen LogP contribution is 2.36. The van der Waals surface area contributed by atoms with Gasteiger partial charge in [-0.2, -0.15) is 0 Å². The van der Waals surface area contributed by atoms with Crippen molar-refractivity contribution in [3.63, 3.8) is 0 Å². The summed E-state index contributed by atoms with van der Waals surface area (Å²) < 4.78 is 3.81. The standard InChI is InChI=1S/C17H23N3O/c1-3-19-16(13-6-4-5-7-13)15(18)17(21)20(19)14-10-8-12(2)9-11-14/h8-11,13H,3-7,18H2,1-2H3. The van der Waals surface area contributed by atoms with E-state index in [4.69, 9.17) is 5.73 Å². The summed E-state index contributed by atoms with van der Waals surface area (Å²) in [6, 6.07) is 8.03.